The maximum Gasteiger partial charge on any atom is 0.306 e. The van der Waals surface area contributed by atoms with Crippen LogP contribution in [0.3, 0.4) is 0 Å². The van der Waals surface area contributed by atoms with Crippen LogP contribution < -0.4 is 15.4 Å². The van der Waals surface area contributed by atoms with E-state index in [9.17, 15) is 9.59 Å². The molecule has 31 heavy (non-hydrogen) atoms. The van der Waals surface area contributed by atoms with Crippen molar-refractivity contribution in [2.24, 2.45) is 0 Å². The lowest BCUT2D eigenvalue weighted by atomic mass is 10.1. The van der Waals surface area contributed by atoms with Crippen LogP contribution in [0, 0.1) is 0 Å². The van der Waals surface area contributed by atoms with Crippen LogP contribution >= 0.6 is 12.2 Å². The third-order valence-corrected chi connectivity index (χ3v) is 4.33. The Morgan fingerprint density at radius 3 is 2.42 bits per heavy atom. The van der Waals surface area contributed by atoms with Crippen molar-refractivity contribution in [3.8, 4) is 5.75 Å². The summed E-state index contributed by atoms with van der Waals surface area (Å²) in [5.41, 5.74) is 2.85. The molecule has 0 aliphatic heterocycles. The highest BCUT2D eigenvalue weighted by atomic mass is 32.1. The normalized spacial score (nSPS) is 10.1. The van der Waals surface area contributed by atoms with Gasteiger partial charge in [0.2, 0.25) is 5.91 Å². The van der Waals surface area contributed by atoms with Gasteiger partial charge in [0, 0.05) is 12.1 Å². The van der Waals surface area contributed by atoms with E-state index in [1.54, 1.807) is 24.3 Å². The van der Waals surface area contributed by atoms with Crippen LogP contribution in [-0.2, 0) is 20.7 Å². The van der Waals surface area contributed by atoms with Crippen LogP contribution in [0.2, 0.25) is 0 Å². The number of esters is 1. The van der Waals surface area contributed by atoms with Gasteiger partial charge in [-0.3, -0.25) is 9.59 Å². The van der Waals surface area contributed by atoms with Crippen molar-refractivity contribution in [2.75, 3.05) is 18.5 Å². The summed E-state index contributed by atoms with van der Waals surface area (Å²) in [5.74, 6) is -0.0293. The smallest absolute Gasteiger partial charge is 0.306 e. The number of carbonyl (C=O) groups excluding carboxylic acids is 2. The molecule has 164 valence electrons. The second-order valence-corrected chi connectivity index (χ2v) is 7.49. The zero-order valence-electron chi connectivity index (χ0n) is 17.7. The number of benzene rings is 2. The molecule has 0 unspecified atom stereocenters. The topological polar surface area (TPSA) is 76.7 Å². The Balaban J connectivity index is 1.60. The molecule has 0 heterocycles. The van der Waals surface area contributed by atoms with Crippen LogP contribution in [0.1, 0.15) is 31.7 Å². The number of amides is 1. The first-order valence-corrected chi connectivity index (χ1v) is 10.5. The number of carbonyl (C=O) groups is 2. The van der Waals surface area contributed by atoms with Crippen molar-refractivity contribution in [3.63, 3.8) is 0 Å². The SMILES string of the molecule is C=C(C)COc1ccc(NC(=S)NC(=O)CCC(=O)OCCCc2ccccc2)cc1. The lowest BCUT2D eigenvalue weighted by Crippen LogP contribution is -2.34. The average molecular weight is 441 g/mol. The summed E-state index contributed by atoms with van der Waals surface area (Å²) >= 11 is 5.14. The first-order chi connectivity index (χ1) is 14.9. The van der Waals surface area contributed by atoms with Crippen LogP contribution in [0.4, 0.5) is 5.69 Å². The minimum Gasteiger partial charge on any atom is -0.489 e. The van der Waals surface area contributed by atoms with Gasteiger partial charge in [0.05, 0.1) is 13.0 Å². The molecule has 2 N–H and O–H groups in total. The number of anilines is 1. The molecule has 0 atom stereocenters. The highest BCUT2D eigenvalue weighted by molar-refractivity contribution is 7.80. The molecule has 0 aliphatic carbocycles. The molecule has 0 aliphatic rings. The van der Waals surface area contributed by atoms with Gasteiger partial charge in [0.1, 0.15) is 12.4 Å². The molecule has 1 amide bonds. The van der Waals surface area contributed by atoms with Crippen molar-refractivity contribution in [1.82, 2.24) is 5.32 Å². The predicted octanol–water partition coefficient (Wildman–Crippen LogP) is 4.41. The highest BCUT2D eigenvalue weighted by Crippen LogP contribution is 2.16. The van der Waals surface area contributed by atoms with E-state index < -0.39 is 5.97 Å². The molecule has 6 nitrogen and oxygen atoms in total. The second kappa shape index (κ2) is 13.2. The standard InChI is InChI=1S/C24H28N2O4S/c1-18(2)17-30-21-12-10-20(11-13-21)25-24(31)26-22(27)14-15-23(28)29-16-6-9-19-7-4-3-5-8-19/h3-5,7-8,10-13H,1,6,9,14-17H2,2H3,(H2,25,26,27,31). The summed E-state index contributed by atoms with van der Waals surface area (Å²) in [6, 6.07) is 17.2. The number of rotatable bonds is 11. The quantitative estimate of drug-likeness (QED) is 0.233. The number of ether oxygens (including phenoxy) is 2. The third-order valence-electron chi connectivity index (χ3n) is 4.12. The molecule has 0 bridgehead atoms. The van der Waals surface area contributed by atoms with E-state index in [1.807, 2.05) is 37.3 Å². The summed E-state index contributed by atoms with van der Waals surface area (Å²) in [6.07, 6.45) is 1.60. The Morgan fingerprint density at radius 2 is 1.74 bits per heavy atom. The van der Waals surface area contributed by atoms with E-state index in [4.69, 9.17) is 21.7 Å². The molecule has 0 saturated heterocycles. The summed E-state index contributed by atoms with van der Waals surface area (Å²) in [4.78, 5) is 23.8. The van der Waals surface area contributed by atoms with Gasteiger partial charge in [0.15, 0.2) is 5.11 Å². The molecular weight excluding hydrogens is 412 g/mol. The minimum atomic E-state index is -0.396. The Bertz CT molecular complexity index is 882. The lowest BCUT2D eigenvalue weighted by Gasteiger charge is -2.11. The van der Waals surface area contributed by atoms with Crippen molar-refractivity contribution in [3.05, 3.63) is 72.3 Å². The fourth-order valence-corrected chi connectivity index (χ4v) is 2.82. The monoisotopic (exact) mass is 440 g/mol. The first kappa shape index (κ1) is 24.1. The predicted molar refractivity (Wildman–Crippen MR) is 126 cm³/mol. The minimum absolute atomic E-state index is 0.00697. The van der Waals surface area contributed by atoms with E-state index >= 15 is 0 Å². The molecule has 7 heteroatoms. The van der Waals surface area contributed by atoms with Gasteiger partial charge in [-0.25, -0.2) is 0 Å². The van der Waals surface area contributed by atoms with E-state index in [0.717, 1.165) is 18.4 Å². The first-order valence-electron chi connectivity index (χ1n) is 10.1. The van der Waals surface area contributed by atoms with E-state index in [2.05, 4.69) is 17.2 Å². The fourth-order valence-electron chi connectivity index (χ4n) is 2.59. The van der Waals surface area contributed by atoms with Gasteiger partial charge in [-0.05, 0) is 67.4 Å². The molecular formula is C24H28N2O4S. The molecule has 2 aromatic carbocycles. The Morgan fingerprint density at radius 1 is 1.03 bits per heavy atom. The largest absolute Gasteiger partial charge is 0.489 e. The fraction of sp³-hybridized carbons (Fsp3) is 0.292. The summed E-state index contributed by atoms with van der Waals surface area (Å²) in [6.45, 7) is 6.47. The Kier molecular flexibility index (Phi) is 10.2. The summed E-state index contributed by atoms with van der Waals surface area (Å²) in [5, 5.41) is 5.64. The number of hydrogen-bond acceptors (Lipinski definition) is 5. The van der Waals surface area contributed by atoms with Gasteiger partial charge in [-0.15, -0.1) is 0 Å². The molecule has 0 radical (unpaired) electrons. The second-order valence-electron chi connectivity index (χ2n) is 7.08. The third kappa shape index (κ3) is 10.4. The van der Waals surface area contributed by atoms with E-state index in [-0.39, 0.29) is 23.9 Å². The van der Waals surface area contributed by atoms with Crippen LogP contribution in [0.15, 0.2) is 66.7 Å². The Hall–Kier alpha value is -3.19. The van der Waals surface area contributed by atoms with E-state index in [0.29, 0.717) is 24.7 Å². The van der Waals surface area contributed by atoms with Crippen molar-refractivity contribution in [1.29, 1.82) is 0 Å². The average Bonchev–Trinajstić information content (AvgIpc) is 2.75. The zero-order valence-corrected chi connectivity index (χ0v) is 18.5. The van der Waals surface area contributed by atoms with E-state index in [1.165, 1.54) is 5.56 Å². The molecule has 2 aromatic rings. The maximum absolute atomic E-state index is 12.0. The molecule has 0 aromatic heterocycles. The van der Waals surface area contributed by atoms with Gasteiger partial charge in [0.25, 0.3) is 0 Å². The highest BCUT2D eigenvalue weighted by Gasteiger charge is 2.10. The van der Waals surface area contributed by atoms with Gasteiger partial charge >= 0.3 is 5.97 Å². The maximum atomic E-state index is 12.0. The van der Waals surface area contributed by atoms with Crippen molar-refractivity contribution >= 4 is 34.9 Å². The zero-order chi connectivity index (χ0) is 22.5. The number of thiocarbonyl (C=S) groups is 1. The van der Waals surface area contributed by atoms with Gasteiger partial charge in [-0.1, -0.05) is 36.9 Å². The van der Waals surface area contributed by atoms with Gasteiger partial charge in [-0.2, -0.15) is 0 Å². The van der Waals surface area contributed by atoms with Crippen LogP contribution in [-0.4, -0.2) is 30.2 Å². The lowest BCUT2D eigenvalue weighted by molar-refractivity contribution is -0.145. The molecule has 0 saturated carbocycles. The van der Waals surface area contributed by atoms with Crippen molar-refractivity contribution < 1.29 is 19.1 Å². The number of nitrogens with one attached hydrogen (secondary N) is 2. The Labute approximate surface area is 188 Å². The summed E-state index contributed by atoms with van der Waals surface area (Å²) in [7, 11) is 0. The number of aryl methyl sites for hydroxylation is 1. The summed E-state index contributed by atoms with van der Waals surface area (Å²) < 4.78 is 10.7. The van der Waals surface area contributed by atoms with Crippen molar-refractivity contribution in [2.45, 2.75) is 32.6 Å². The molecule has 0 spiro atoms. The molecule has 0 fully saturated rings. The van der Waals surface area contributed by atoms with Crippen LogP contribution in [0.5, 0.6) is 5.75 Å². The van der Waals surface area contributed by atoms with Gasteiger partial charge < -0.3 is 20.1 Å². The number of hydrogen-bond donors (Lipinski definition) is 2. The van der Waals surface area contributed by atoms with Crippen LogP contribution in [0.25, 0.3) is 0 Å². The molecule has 2 rings (SSSR count).